The number of ether oxygens (including phenoxy) is 1. The highest BCUT2D eigenvalue weighted by atomic mass is 19.3. The van der Waals surface area contributed by atoms with Gasteiger partial charge in [0.2, 0.25) is 5.75 Å². The molecule has 6 nitrogen and oxygen atoms in total. The molecule has 0 amide bonds. The first-order valence-corrected chi connectivity index (χ1v) is 6.43. The van der Waals surface area contributed by atoms with Crippen molar-refractivity contribution in [1.29, 1.82) is 0 Å². The minimum absolute atomic E-state index is 0.456. The Hall–Kier alpha value is -2.77. The third-order valence-electron chi connectivity index (χ3n) is 2.81. The Morgan fingerprint density at radius 1 is 1.32 bits per heavy atom. The fourth-order valence-corrected chi connectivity index (χ4v) is 1.85. The third kappa shape index (κ3) is 4.37. The maximum atomic E-state index is 12.3. The number of pyridine rings is 1. The number of nitro benzene ring substituents is 1. The smallest absolute Gasteiger partial charge is 0.387 e. The van der Waals surface area contributed by atoms with Gasteiger partial charge in [-0.05, 0) is 18.2 Å². The van der Waals surface area contributed by atoms with Crippen molar-refractivity contribution in [2.24, 2.45) is 0 Å². The van der Waals surface area contributed by atoms with Crippen LogP contribution >= 0.6 is 0 Å². The second-order valence-corrected chi connectivity index (χ2v) is 4.32. The molecule has 0 bridgehead atoms. The predicted octanol–water partition coefficient (Wildman–Crippen LogP) is 3.25. The lowest BCUT2D eigenvalue weighted by Crippen LogP contribution is -2.08. The van der Waals surface area contributed by atoms with Crippen LogP contribution < -0.4 is 10.1 Å². The quantitative estimate of drug-likeness (QED) is 0.627. The number of aromatic nitrogens is 1. The summed E-state index contributed by atoms with van der Waals surface area (Å²) in [6, 6.07) is 9.28. The fraction of sp³-hybridized carbons (Fsp3) is 0.214. The van der Waals surface area contributed by atoms with Crippen LogP contribution in [-0.4, -0.2) is 23.1 Å². The average molecular weight is 309 g/mol. The van der Waals surface area contributed by atoms with Gasteiger partial charge in [-0.2, -0.15) is 8.78 Å². The van der Waals surface area contributed by atoms with Gasteiger partial charge in [0.15, 0.2) is 0 Å². The lowest BCUT2D eigenvalue weighted by atomic mass is 10.2. The molecule has 0 aliphatic rings. The number of hydrogen-bond acceptors (Lipinski definition) is 5. The lowest BCUT2D eigenvalue weighted by molar-refractivity contribution is -0.386. The summed E-state index contributed by atoms with van der Waals surface area (Å²) in [5.74, 6) is -0.470. The molecule has 2 rings (SSSR count). The maximum absolute atomic E-state index is 12.3. The predicted molar refractivity (Wildman–Crippen MR) is 76.2 cm³/mol. The molecule has 8 heteroatoms. The van der Waals surface area contributed by atoms with Crippen LogP contribution in [0.2, 0.25) is 0 Å². The molecule has 0 spiro atoms. The molecular formula is C14H13F2N3O3. The molecule has 0 radical (unpaired) electrons. The molecular weight excluding hydrogens is 296 g/mol. The van der Waals surface area contributed by atoms with Gasteiger partial charge in [-0.1, -0.05) is 6.07 Å². The number of nitrogens with zero attached hydrogens (tertiary/aromatic N) is 2. The summed E-state index contributed by atoms with van der Waals surface area (Å²) in [5, 5.41) is 13.8. The first-order chi connectivity index (χ1) is 10.6. The zero-order valence-corrected chi connectivity index (χ0v) is 11.4. The highest BCUT2D eigenvalue weighted by Crippen LogP contribution is 2.31. The van der Waals surface area contributed by atoms with Crippen molar-refractivity contribution in [3.63, 3.8) is 0 Å². The van der Waals surface area contributed by atoms with Crippen LogP contribution in [0.3, 0.4) is 0 Å². The molecule has 0 aliphatic carbocycles. The molecule has 0 saturated heterocycles. The molecule has 2 aromatic rings. The van der Waals surface area contributed by atoms with E-state index in [1.54, 1.807) is 12.3 Å². The van der Waals surface area contributed by atoms with Crippen LogP contribution in [0.15, 0.2) is 42.6 Å². The molecule has 1 heterocycles. The third-order valence-corrected chi connectivity index (χ3v) is 2.81. The Morgan fingerprint density at radius 3 is 2.77 bits per heavy atom. The van der Waals surface area contributed by atoms with Crippen LogP contribution in [0.1, 0.15) is 5.69 Å². The molecule has 22 heavy (non-hydrogen) atoms. The Balaban J connectivity index is 2.03. The maximum Gasteiger partial charge on any atom is 0.387 e. The summed E-state index contributed by atoms with van der Waals surface area (Å²) in [7, 11) is 0. The molecule has 1 aromatic carbocycles. The highest BCUT2D eigenvalue weighted by molar-refractivity contribution is 5.58. The molecule has 1 N–H and O–H groups in total. The number of hydrogen-bond donors (Lipinski definition) is 1. The summed E-state index contributed by atoms with van der Waals surface area (Å²) in [6.45, 7) is -2.62. The number of halogens is 2. The number of benzene rings is 1. The standard InChI is InChI=1S/C14H13F2N3O3/c15-14(16)22-13-9-11(4-5-12(13)19(20)21)18-8-6-10-3-1-2-7-17-10/h1-5,7,9,14,18H,6,8H2. The first kappa shape index (κ1) is 15.6. The van der Waals surface area contributed by atoms with E-state index in [1.165, 1.54) is 12.1 Å². The van der Waals surface area contributed by atoms with E-state index in [4.69, 9.17) is 0 Å². The van der Waals surface area contributed by atoms with Crippen molar-refractivity contribution < 1.29 is 18.4 Å². The van der Waals surface area contributed by atoms with Gasteiger partial charge in [-0.3, -0.25) is 15.1 Å². The van der Waals surface area contributed by atoms with E-state index in [-0.39, 0.29) is 0 Å². The van der Waals surface area contributed by atoms with Gasteiger partial charge < -0.3 is 10.1 Å². The number of anilines is 1. The number of rotatable bonds is 7. The minimum atomic E-state index is -3.12. The Kier molecular flexibility index (Phi) is 5.18. The molecule has 0 fully saturated rings. The SMILES string of the molecule is O=[N+]([O-])c1ccc(NCCc2ccccn2)cc1OC(F)F. The van der Waals surface area contributed by atoms with Crippen LogP contribution in [0.5, 0.6) is 5.75 Å². The molecule has 1 aromatic heterocycles. The van der Waals surface area contributed by atoms with Gasteiger partial charge in [0, 0.05) is 42.7 Å². The average Bonchev–Trinajstić information content (AvgIpc) is 2.47. The second kappa shape index (κ2) is 7.30. The summed E-state index contributed by atoms with van der Waals surface area (Å²) in [4.78, 5) is 14.1. The largest absolute Gasteiger partial charge is 0.427 e. The van der Waals surface area contributed by atoms with E-state index >= 15 is 0 Å². The fourth-order valence-electron chi connectivity index (χ4n) is 1.85. The molecule has 0 unspecified atom stereocenters. The highest BCUT2D eigenvalue weighted by Gasteiger charge is 2.18. The van der Waals surface area contributed by atoms with E-state index in [0.29, 0.717) is 18.7 Å². The monoisotopic (exact) mass is 309 g/mol. The van der Waals surface area contributed by atoms with E-state index in [0.717, 1.165) is 11.8 Å². The van der Waals surface area contributed by atoms with Gasteiger partial charge in [-0.25, -0.2) is 0 Å². The van der Waals surface area contributed by atoms with Crippen molar-refractivity contribution in [2.45, 2.75) is 13.0 Å². The van der Waals surface area contributed by atoms with Crippen LogP contribution in [0.25, 0.3) is 0 Å². The summed E-state index contributed by atoms with van der Waals surface area (Å²) in [6.07, 6.45) is 2.30. The van der Waals surface area contributed by atoms with Crippen molar-refractivity contribution in [2.75, 3.05) is 11.9 Å². The van der Waals surface area contributed by atoms with Gasteiger partial charge in [0.05, 0.1) is 4.92 Å². The molecule has 0 aliphatic heterocycles. The second-order valence-electron chi connectivity index (χ2n) is 4.32. The summed E-state index contributed by atoms with van der Waals surface area (Å²) in [5.41, 5.74) is 0.828. The van der Waals surface area contributed by atoms with E-state index < -0.39 is 23.0 Å². The van der Waals surface area contributed by atoms with Gasteiger partial charge in [0.1, 0.15) is 0 Å². The van der Waals surface area contributed by atoms with E-state index in [9.17, 15) is 18.9 Å². The number of nitrogens with one attached hydrogen (secondary N) is 1. The topological polar surface area (TPSA) is 77.3 Å². The number of nitro groups is 1. The number of alkyl halides is 2. The first-order valence-electron chi connectivity index (χ1n) is 6.43. The summed E-state index contributed by atoms with van der Waals surface area (Å²) >= 11 is 0. The Bertz CT molecular complexity index is 638. The Morgan fingerprint density at radius 2 is 2.14 bits per heavy atom. The van der Waals surface area contributed by atoms with Crippen molar-refractivity contribution in [1.82, 2.24) is 4.98 Å². The normalized spacial score (nSPS) is 10.5. The zero-order chi connectivity index (χ0) is 15.9. The van der Waals surface area contributed by atoms with Crippen LogP contribution in [-0.2, 0) is 6.42 Å². The van der Waals surface area contributed by atoms with Crippen LogP contribution in [0, 0.1) is 10.1 Å². The van der Waals surface area contributed by atoms with Crippen molar-refractivity contribution in [3.05, 3.63) is 58.4 Å². The van der Waals surface area contributed by atoms with E-state index in [1.807, 2.05) is 12.1 Å². The van der Waals surface area contributed by atoms with Crippen molar-refractivity contribution in [3.8, 4) is 5.75 Å². The van der Waals surface area contributed by atoms with Gasteiger partial charge >= 0.3 is 12.3 Å². The lowest BCUT2D eigenvalue weighted by Gasteiger charge is -2.09. The molecule has 0 atom stereocenters. The van der Waals surface area contributed by atoms with Gasteiger partial charge in [-0.15, -0.1) is 0 Å². The minimum Gasteiger partial charge on any atom is -0.427 e. The molecule has 0 saturated carbocycles. The summed E-state index contributed by atoms with van der Waals surface area (Å²) < 4.78 is 28.8. The van der Waals surface area contributed by atoms with Crippen molar-refractivity contribution >= 4 is 11.4 Å². The van der Waals surface area contributed by atoms with Crippen LogP contribution in [0.4, 0.5) is 20.2 Å². The molecule has 116 valence electrons. The zero-order valence-electron chi connectivity index (χ0n) is 11.4. The van der Waals surface area contributed by atoms with E-state index in [2.05, 4.69) is 15.0 Å². The Labute approximate surface area is 124 Å². The van der Waals surface area contributed by atoms with Gasteiger partial charge in [0.25, 0.3) is 0 Å².